The summed E-state index contributed by atoms with van der Waals surface area (Å²) in [7, 11) is 0. The molecule has 1 amide bonds. The highest BCUT2D eigenvalue weighted by Crippen LogP contribution is 2.35. The summed E-state index contributed by atoms with van der Waals surface area (Å²) in [6.45, 7) is 4.37. The molecule has 154 valence electrons. The van der Waals surface area contributed by atoms with E-state index in [-0.39, 0.29) is 18.1 Å². The maximum absolute atomic E-state index is 13.1. The number of hydrogen-bond acceptors (Lipinski definition) is 5. The van der Waals surface area contributed by atoms with Crippen LogP contribution in [-0.4, -0.2) is 25.2 Å². The molecule has 2 heterocycles. The van der Waals surface area contributed by atoms with E-state index >= 15 is 0 Å². The van der Waals surface area contributed by atoms with Crippen LogP contribution in [0.15, 0.2) is 33.6 Å². The molecule has 1 N–H and O–H groups in total. The second-order valence-electron chi connectivity index (χ2n) is 7.84. The largest absolute Gasteiger partial charge is 0.342 e. The quantitative estimate of drug-likeness (QED) is 0.690. The van der Waals surface area contributed by atoms with Crippen LogP contribution in [-0.2, 0) is 23.4 Å². The Morgan fingerprint density at radius 2 is 1.86 bits per heavy atom. The Kier molecular flexibility index (Phi) is 5.25. The molecule has 8 nitrogen and oxygen atoms in total. The van der Waals surface area contributed by atoms with Gasteiger partial charge in [-0.2, -0.15) is 4.98 Å². The summed E-state index contributed by atoms with van der Waals surface area (Å²) >= 11 is 0. The summed E-state index contributed by atoms with van der Waals surface area (Å²) in [6, 6.07) is 7.60. The van der Waals surface area contributed by atoms with Gasteiger partial charge >= 0.3 is 5.69 Å². The first kappa shape index (κ1) is 19.4. The first-order valence-corrected chi connectivity index (χ1v) is 10.3. The summed E-state index contributed by atoms with van der Waals surface area (Å²) in [5, 5.41) is 7.24. The van der Waals surface area contributed by atoms with Crippen molar-refractivity contribution in [2.75, 3.05) is 0 Å². The topological polar surface area (TPSA) is 95.0 Å². The molecule has 0 radical (unpaired) electrons. The van der Waals surface area contributed by atoms with Crippen molar-refractivity contribution in [3.05, 3.63) is 46.5 Å². The zero-order valence-corrected chi connectivity index (χ0v) is 17.0. The molecule has 0 aliphatic heterocycles. The van der Waals surface area contributed by atoms with Crippen molar-refractivity contribution in [3.63, 3.8) is 0 Å². The normalized spacial score (nSPS) is 16.2. The van der Waals surface area contributed by atoms with E-state index < -0.39 is 5.54 Å². The molecule has 3 aromatic rings. The second kappa shape index (κ2) is 7.85. The summed E-state index contributed by atoms with van der Waals surface area (Å²) in [5.74, 6) is 0.803. The Hall–Kier alpha value is -2.90. The molecule has 1 aliphatic rings. The number of nitrogens with one attached hydrogen (secondary N) is 1. The molecule has 0 bridgehead atoms. The average Bonchev–Trinajstić information content (AvgIpc) is 3.27. The van der Waals surface area contributed by atoms with E-state index in [0.717, 1.165) is 49.6 Å². The van der Waals surface area contributed by atoms with E-state index in [1.807, 2.05) is 31.2 Å². The van der Waals surface area contributed by atoms with Crippen LogP contribution in [0.4, 0.5) is 0 Å². The highest BCUT2D eigenvalue weighted by Gasteiger charge is 2.39. The lowest BCUT2D eigenvalue weighted by Gasteiger charge is -2.35. The minimum atomic E-state index is -0.626. The molecular weight excluding hydrogens is 370 g/mol. The van der Waals surface area contributed by atoms with Crippen LogP contribution in [0.1, 0.15) is 57.2 Å². The van der Waals surface area contributed by atoms with Gasteiger partial charge < -0.3 is 9.84 Å². The molecule has 1 saturated carbocycles. The SMILES string of the molecule is CCCn1c(=O)n(CC(=O)NC2(c3noc(C)n3)CCCCC2)c2ccccc21. The number of imidazole rings is 1. The molecule has 0 atom stereocenters. The van der Waals surface area contributed by atoms with Gasteiger partial charge in [0.15, 0.2) is 5.82 Å². The van der Waals surface area contributed by atoms with Crippen LogP contribution in [0.5, 0.6) is 0 Å². The molecule has 1 aromatic carbocycles. The Morgan fingerprint density at radius 3 is 2.48 bits per heavy atom. The Morgan fingerprint density at radius 1 is 1.17 bits per heavy atom. The maximum Gasteiger partial charge on any atom is 0.329 e. The smallest absolute Gasteiger partial charge is 0.329 e. The zero-order chi connectivity index (χ0) is 20.4. The van der Waals surface area contributed by atoms with Gasteiger partial charge in [0.2, 0.25) is 11.8 Å². The van der Waals surface area contributed by atoms with Gasteiger partial charge in [0.1, 0.15) is 12.1 Å². The standard InChI is InChI=1S/C21H27N5O3/c1-3-13-25-16-9-5-6-10-17(16)26(20(25)28)14-18(27)23-21(11-7-4-8-12-21)19-22-15(2)29-24-19/h5-6,9-10H,3-4,7-8,11-14H2,1-2H3,(H,23,27). The molecule has 8 heteroatoms. The Labute approximate surface area is 168 Å². The molecule has 1 aliphatic carbocycles. The van der Waals surface area contributed by atoms with Crippen molar-refractivity contribution < 1.29 is 9.32 Å². The number of aryl methyl sites for hydroxylation is 2. The van der Waals surface area contributed by atoms with Crippen molar-refractivity contribution in [2.45, 2.75) is 71.0 Å². The van der Waals surface area contributed by atoms with Crippen molar-refractivity contribution in [1.29, 1.82) is 0 Å². The average molecular weight is 397 g/mol. The fourth-order valence-electron chi connectivity index (χ4n) is 4.37. The van der Waals surface area contributed by atoms with E-state index in [2.05, 4.69) is 15.5 Å². The third-order valence-electron chi connectivity index (χ3n) is 5.72. The number of carbonyl (C=O) groups is 1. The van der Waals surface area contributed by atoms with Crippen molar-refractivity contribution in [3.8, 4) is 0 Å². The summed E-state index contributed by atoms with van der Waals surface area (Å²) in [6.07, 6.45) is 5.49. The van der Waals surface area contributed by atoms with Gasteiger partial charge in [-0.25, -0.2) is 4.79 Å². The number of carbonyl (C=O) groups excluding carboxylic acids is 1. The molecule has 29 heavy (non-hydrogen) atoms. The summed E-state index contributed by atoms with van der Waals surface area (Å²) in [5.41, 5.74) is 0.845. The number of aromatic nitrogens is 4. The fraction of sp³-hybridized carbons (Fsp3) is 0.524. The summed E-state index contributed by atoms with van der Waals surface area (Å²) in [4.78, 5) is 30.4. The van der Waals surface area contributed by atoms with E-state index in [1.54, 1.807) is 16.1 Å². The van der Waals surface area contributed by atoms with Crippen molar-refractivity contribution in [2.24, 2.45) is 0 Å². The monoisotopic (exact) mass is 397 g/mol. The third-order valence-corrected chi connectivity index (χ3v) is 5.72. The van der Waals surface area contributed by atoms with Crippen molar-refractivity contribution in [1.82, 2.24) is 24.6 Å². The van der Waals surface area contributed by atoms with Gasteiger partial charge in [-0.3, -0.25) is 13.9 Å². The van der Waals surface area contributed by atoms with Gasteiger partial charge in [-0.05, 0) is 31.4 Å². The number of rotatable bonds is 6. The number of nitrogens with zero attached hydrogens (tertiary/aromatic N) is 4. The van der Waals surface area contributed by atoms with E-state index in [4.69, 9.17) is 4.52 Å². The molecule has 0 unspecified atom stereocenters. The van der Waals surface area contributed by atoms with E-state index in [9.17, 15) is 9.59 Å². The van der Waals surface area contributed by atoms with E-state index in [0.29, 0.717) is 18.3 Å². The predicted molar refractivity (Wildman–Crippen MR) is 108 cm³/mol. The van der Waals surface area contributed by atoms with Gasteiger partial charge in [-0.1, -0.05) is 43.5 Å². The molecule has 0 saturated heterocycles. The molecular formula is C21H27N5O3. The Bertz CT molecular complexity index is 1070. The maximum atomic E-state index is 13.1. The van der Waals surface area contributed by atoms with Crippen LogP contribution in [0.2, 0.25) is 0 Å². The minimum Gasteiger partial charge on any atom is -0.342 e. The van der Waals surface area contributed by atoms with Crippen LogP contribution in [0, 0.1) is 6.92 Å². The first-order valence-electron chi connectivity index (χ1n) is 10.3. The number of benzene rings is 1. The number of para-hydroxylation sites is 2. The highest BCUT2D eigenvalue weighted by molar-refractivity contribution is 5.81. The number of fused-ring (bicyclic) bond motifs is 1. The number of hydrogen-bond donors (Lipinski definition) is 1. The van der Waals surface area contributed by atoms with Crippen LogP contribution < -0.4 is 11.0 Å². The minimum absolute atomic E-state index is 0.0331. The molecule has 1 fully saturated rings. The third kappa shape index (κ3) is 3.59. The van der Waals surface area contributed by atoms with Gasteiger partial charge in [0.05, 0.1) is 11.0 Å². The zero-order valence-electron chi connectivity index (χ0n) is 17.0. The molecule has 2 aromatic heterocycles. The van der Waals surface area contributed by atoms with Crippen LogP contribution in [0.3, 0.4) is 0 Å². The van der Waals surface area contributed by atoms with Crippen LogP contribution >= 0.6 is 0 Å². The van der Waals surface area contributed by atoms with Crippen LogP contribution in [0.25, 0.3) is 11.0 Å². The van der Waals surface area contributed by atoms with E-state index in [1.165, 1.54) is 0 Å². The second-order valence-corrected chi connectivity index (χ2v) is 7.84. The molecule has 4 rings (SSSR count). The lowest BCUT2D eigenvalue weighted by Crippen LogP contribution is -2.49. The number of amides is 1. The van der Waals surface area contributed by atoms with Crippen molar-refractivity contribution >= 4 is 16.9 Å². The van der Waals surface area contributed by atoms with Gasteiger partial charge in [-0.15, -0.1) is 0 Å². The Balaban J connectivity index is 1.64. The fourth-order valence-corrected chi connectivity index (χ4v) is 4.37. The first-order chi connectivity index (χ1) is 14.0. The van der Waals surface area contributed by atoms with Gasteiger partial charge in [0, 0.05) is 13.5 Å². The lowest BCUT2D eigenvalue weighted by atomic mass is 9.81. The van der Waals surface area contributed by atoms with Gasteiger partial charge in [0.25, 0.3) is 0 Å². The molecule has 0 spiro atoms. The summed E-state index contributed by atoms with van der Waals surface area (Å²) < 4.78 is 8.47. The predicted octanol–water partition coefficient (Wildman–Crippen LogP) is 2.88. The lowest BCUT2D eigenvalue weighted by molar-refractivity contribution is -0.124. The highest BCUT2D eigenvalue weighted by atomic mass is 16.5.